The molecule has 0 aliphatic heterocycles. The molecule has 27 heavy (non-hydrogen) atoms. The maximum atomic E-state index is 6.36. The number of unbranched alkanes of at least 4 members (excludes halogenated alkanes) is 1. The lowest BCUT2D eigenvalue weighted by atomic mass is 9.65. The second-order valence-electron chi connectivity index (χ2n) is 10.0. The summed E-state index contributed by atoms with van der Waals surface area (Å²) in [5.41, 5.74) is 0.504. The van der Waals surface area contributed by atoms with E-state index >= 15 is 0 Å². The van der Waals surface area contributed by atoms with Crippen molar-refractivity contribution in [1.82, 2.24) is 0 Å². The Bertz CT molecular complexity index is 449. The highest BCUT2D eigenvalue weighted by molar-refractivity contribution is 5.06. The summed E-state index contributed by atoms with van der Waals surface area (Å²) in [5.74, 6) is 1.77. The van der Waals surface area contributed by atoms with Crippen LogP contribution in [0.15, 0.2) is 0 Å². The van der Waals surface area contributed by atoms with E-state index in [4.69, 9.17) is 14.2 Å². The molecule has 158 valence electrons. The second kappa shape index (κ2) is 9.59. The van der Waals surface area contributed by atoms with E-state index in [2.05, 4.69) is 27.7 Å². The Hall–Kier alpha value is -0.120. The first-order valence-electron chi connectivity index (χ1n) is 11.9. The lowest BCUT2D eigenvalue weighted by Gasteiger charge is -2.45. The van der Waals surface area contributed by atoms with E-state index in [9.17, 15) is 0 Å². The van der Waals surface area contributed by atoms with Crippen molar-refractivity contribution in [2.24, 2.45) is 17.3 Å². The zero-order valence-electron chi connectivity index (χ0n) is 18.4. The number of fused-ring (bicyclic) bond motifs is 2. The van der Waals surface area contributed by atoms with Crippen molar-refractivity contribution in [3.05, 3.63) is 0 Å². The van der Waals surface area contributed by atoms with Gasteiger partial charge in [-0.05, 0) is 109 Å². The quantitative estimate of drug-likeness (QED) is 0.403. The molecule has 3 saturated carbocycles. The molecular weight excluding hydrogens is 336 g/mol. The summed E-state index contributed by atoms with van der Waals surface area (Å²) in [7, 11) is 0. The largest absolute Gasteiger partial charge is 0.378 e. The molecule has 5 atom stereocenters. The molecule has 0 aromatic carbocycles. The third kappa shape index (κ3) is 5.28. The smallest absolute Gasteiger partial charge is 0.0636 e. The Kier molecular flexibility index (Phi) is 7.66. The monoisotopic (exact) mass is 380 g/mol. The summed E-state index contributed by atoms with van der Waals surface area (Å²) in [5, 5.41) is 0. The second-order valence-corrected chi connectivity index (χ2v) is 10.0. The minimum Gasteiger partial charge on any atom is -0.378 e. The molecular formula is C24H44O3. The standard InChI is InChI=1S/C24H44O3/c1-5-25-22-16-19-12-14-24(22,18-19)20-10-9-11-21(17-20)26-15-8-7-13-23(3,4)27-6-2/h19-22H,5-18H2,1-4H3. The zero-order valence-corrected chi connectivity index (χ0v) is 18.4. The molecule has 0 saturated heterocycles. The number of ether oxygens (including phenoxy) is 3. The Morgan fingerprint density at radius 3 is 2.56 bits per heavy atom. The highest BCUT2D eigenvalue weighted by Crippen LogP contribution is 2.61. The summed E-state index contributed by atoms with van der Waals surface area (Å²) >= 11 is 0. The van der Waals surface area contributed by atoms with Gasteiger partial charge >= 0.3 is 0 Å². The van der Waals surface area contributed by atoms with Gasteiger partial charge in [-0.3, -0.25) is 0 Å². The van der Waals surface area contributed by atoms with Crippen LogP contribution >= 0.6 is 0 Å². The van der Waals surface area contributed by atoms with Crippen molar-refractivity contribution in [3.63, 3.8) is 0 Å². The molecule has 0 heterocycles. The minimum absolute atomic E-state index is 0.0135. The Morgan fingerprint density at radius 1 is 0.963 bits per heavy atom. The first-order chi connectivity index (χ1) is 13.0. The Labute approximate surface area is 167 Å². The van der Waals surface area contributed by atoms with Crippen LogP contribution in [0.1, 0.15) is 98.3 Å². The summed E-state index contributed by atoms with van der Waals surface area (Å²) in [6.45, 7) is 11.3. The molecule has 0 aromatic rings. The lowest BCUT2D eigenvalue weighted by Crippen LogP contribution is -2.42. The van der Waals surface area contributed by atoms with Gasteiger partial charge in [0.05, 0.1) is 17.8 Å². The van der Waals surface area contributed by atoms with E-state index in [1.54, 1.807) is 0 Å². The SMILES string of the molecule is CCOC1CC2CCC1(C1CCCC(OCCCCC(C)(C)OCC)C1)C2. The maximum Gasteiger partial charge on any atom is 0.0636 e. The number of hydrogen-bond acceptors (Lipinski definition) is 3. The summed E-state index contributed by atoms with van der Waals surface area (Å²) < 4.78 is 18.4. The van der Waals surface area contributed by atoms with E-state index in [0.717, 1.165) is 44.5 Å². The van der Waals surface area contributed by atoms with Crippen LogP contribution in [0.3, 0.4) is 0 Å². The molecule has 3 aliphatic rings. The van der Waals surface area contributed by atoms with E-state index in [0.29, 0.717) is 17.6 Å². The van der Waals surface area contributed by atoms with Crippen molar-refractivity contribution >= 4 is 0 Å². The Morgan fingerprint density at radius 2 is 1.81 bits per heavy atom. The topological polar surface area (TPSA) is 27.7 Å². The van der Waals surface area contributed by atoms with Gasteiger partial charge in [-0.15, -0.1) is 0 Å². The van der Waals surface area contributed by atoms with Gasteiger partial charge in [0.2, 0.25) is 0 Å². The average molecular weight is 381 g/mol. The van der Waals surface area contributed by atoms with Crippen molar-refractivity contribution in [3.8, 4) is 0 Å². The van der Waals surface area contributed by atoms with E-state index in [-0.39, 0.29) is 5.60 Å². The van der Waals surface area contributed by atoms with Gasteiger partial charge in [0, 0.05) is 19.8 Å². The normalized spacial score (nSPS) is 36.4. The van der Waals surface area contributed by atoms with Crippen molar-refractivity contribution in [2.75, 3.05) is 19.8 Å². The van der Waals surface area contributed by atoms with Crippen LogP contribution in [0.2, 0.25) is 0 Å². The third-order valence-electron chi connectivity index (χ3n) is 7.74. The highest BCUT2D eigenvalue weighted by Gasteiger charge is 2.56. The fourth-order valence-electron chi connectivity index (χ4n) is 6.50. The van der Waals surface area contributed by atoms with Crippen LogP contribution in [0.5, 0.6) is 0 Å². The van der Waals surface area contributed by atoms with Gasteiger partial charge in [0.25, 0.3) is 0 Å². The van der Waals surface area contributed by atoms with Crippen LogP contribution < -0.4 is 0 Å². The molecule has 0 amide bonds. The first-order valence-corrected chi connectivity index (χ1v) is 11.9. The van der Waals surface area contributed by atoms with E-state index in [1.807, 2.05) is 0 Å². The van der Waals surface area contributed by atoms with Gasteiger partial charge in [-0.2, -0.15) is 0 Å². The molecule has 0 spiro atoms. The predicted molar refractivity (Wildman–Crippen MR) is 111 cm³/mol. The first kappa shape index (κ1) is 21.6. The van der Waals surface area contributed by atoms with Gasteiger partial charge in [0.1, 0.15) is 0 Å². The van der Waals surface area contributed by atoms with Gasteiger partial charge < -0.3 is 14.2 Å². The van der Waals surface area contributed by atoms with Crippen LogP contribution in [-0.4, -0.2) is 37.6 Å². The number of rotatable bonds is 11. The van der Waals surface area contributed by atoms with E-state index in [1.165, 1.54) is 57.8 Å². The fourth-order valence-corrected chi connectivity index (χ4v) is 6.50. The van der Waals surface area contributed by atoms with Gasteiger partial charge in [-0.25, -0.2) is 0 Å². The molecule has 3 heteroatoms. The molecule has 0 radical (unpaired) electrons. The fraction of sp³-hybridized carbons (Fsp3) is 1.00. The highest BCUT2D eigenvalue weighted by atomic mass is 16.5. The van der Waals surface area contributed by atoms with Gasteiger partial charge in [-0.1, -0.05) is 6.42 Å². The van der Waals surface area contributed by atoms with Crippen LogP contribution in [-0.2, 0) is 14.2 Å². The minimum atomic E-state index is 0.0135. The third-order valence-corrected chi connectivity index (χ3v) is 7.74. The molecule has 2 bridgehead atoms. The molecule has 5 unspecified atom stereocenters. The summed E-state index contributed by atoms with van der Waals surface area (Å²) in [4.78, 5) is 0. The van der Waals surface area contributed by atoms with E-state index < -0.39 is 0 Å². The van der Waals surface area contributed by atoms with Crippen LogP contribution in [0.4, 0.5) is 0 Å². The zero-order chi connectivity index (χ0) is 19.3. The van der Waals surface area contributed by atoms with Crippen LogP contribution in [0, 0.1) is 17.3 Å². The molecule has 0 aromatic heterocycles. The van der Waals surface area contributed by atoms with Gasteiger partial charge in [0.15, 0.2) is 0 Å². The van der Waals surface area contributed by atoms with Crippen molar-refractivity contribution in [2.45, 2.75) is 116 Å². The maximum absolute atomic E-state index is 6.36. The molecule has 3 aliphatic carbocycles. The molecule has 3 nitrogen and oxygen atoms in total. The molecule has 3 fully saturated rings. The molecule has 0 N–H and O–H groups in total. The molecule has 3 rings (SSSR count). The average Bonchev–Trinajstić information content (AvgIpc) is 3.21. The summed E-state index contributed by atoms with van der Waals surface area (Å²) in [6.07, 6.45) is 15.4. The lowest BCUT2D eigenvalue weighted by molar-refractivity contribution is -0.0835. The van der Waals surface area contributed by atoms with Crippen molar-refractivity contribution in [1.29, 1.82) is 0 Å². The summed E-state index contributed by atoms with van der Waals surface area (Å²) in [6, 6.07) is 0. The van der Waals surface area contributed by atoms with Crippen molar-refractivity contribution < 1.29 is 14.2 Å². The van der Waals surface area contributed by atoms with Crippen LogP contribution in [0.25, 0.3) is 0 Å². The number of hydrogen-bond donors (Lipinski definition) is 0. The Balaban J connectivity index is 1.42. The predicted octanol–water partition coefficient (Wildman–Crippen LogP) is 6.14.